The summed E-state index contributed by atoms with van der Waals surface area (Å²) in [5, 5.41) is 10.3. The SMILES string of the molecule is CC(C)N1C[C@@H]2CN(S(C)(=O)=O)C[C@H](C1)C2(O)C(F)(F)F. The van der Waals surface area contributed by atoms with Gasteiger partial charge in [0.1, 0.15) is 0 Å². The van der Waals surface area contributed by atoms with E-state index in [2.05, 4.69) is 0 Å². The van der Waals surface area contributed by atoms with Gasteiger partial charge in [-0.15, -0.1) is 0 Å². The van der Waals surface area contributed by atoms with Gasteiger partial charge in [-0.3, -0.25) is 0 Å². The summed E-state index contributed by atoms with van der Waals surface area (Å²) in [6.45, 7) is 3.24. The molecule has 3 atom stereocenters. The molecule has 9 heteroatoms. The number of nitrogens with zero attached hydrogens (tertiary/aromatic N) is 2. The Morgan fingerprint density at radius 1 is 1.14 bits per heavy atom. The zero-order valence-electron chi connectivity index (χ0n) is 12.3. The number of rotatable bonds is 2. The zero-order valence-corrected chi connectivity index (χ0v) is 13.1. The Morgan fingerprint density at radius 3 is 1.86 bits per heavy atom. The molecule has 2 bridgehead atoms. The molecule has 0 aromatic heterocycles. The molecular weight excluding hydrogens is 309 g/mol. The van der Waals surface area contributed by atoms with E-state index in [4.69, 9.17) is 0 Å². The lowest BCUT2D eigenvalue weighted by Gasteiger charge is -2.56. The minimum Gasteiger partial charge on any atom is -0.380 e. The Bertz CT molecular complexity index is 490. The van der Waals surface area contributed by atoms with Crippen LogP contribution >= 0.6 is 0 Å². The van der Waals surface area contributed by atoms with Crippen LogP contribution in [0.2, 0.25) is 0 Å². The normalized spacial score (nSPS) is 36.2. The lowest BCUT2D eigenvalue weighted by atomic mass is 9.70. The summed E-state index contributed by atoms with van der Waals surface area (Å²) in [5.74, 6) is -2.33. The highest BCUT2D eigenvalue weighted by Gasteiger charge is 2.67. The molecule has 2 rings (SSSR count). The van der Waals surface area contributed by atoms with E-state index in [-0.39, 0.29) is 32.2 Å². The molecular formula is C12H21F3N2O3S. The van der Waals surface area contributed by atoms with Gasteiger partial charge in [-0.1, -0.05) is 0 Å². The number of alkyl halides is 3. The van der Waals surface area contributed by atoms with Crippen LogP contribution in [0.1, 0.15) is 13.8 Å². The predicted molar refractivity (Wildman–Crippen MR) is 71.1 cm³/mol. The number of hydrogen-bond donors (Lipinski definition) is 1. The third-order valence-corrected chi connectivity index (χ3v) is 5.89. The van der Waals surface area contributed by atoms with Crippen LogP contribution in [0.15, 0.2) is 0 Å². The maximum Gasteiger partial charge on any atom is 0.417 e. The van der Waals surface area contributed by atoms with Crippen LogP contribution < -0.4 is 0 Å². The molecule has 124 valence electrons. The molecule has 0 spiro atoms. The molecule has 2 aliphatic rings. The predicted octanol–water partition coefficient (Wildman–Crippen LogP) is 0.511. The van der Waals surface area contributed by atoms with Crippen molar-refractivity contribution in [2.24, 2.45) is 11.8 Å². The second-order valence-electron chi connectivity index (χ2n) is 6.34. The van der Waals surface area contributed by atoms with Crippen LogP contribution in [0.3, 0.4) is 0 Å². The highest BCUT2D eigenvalue weighted by Crippen LogP contribution is 2.48. The molecule has 21 heavy (non-hydrogen) atoms. The lowest BCUT2D eigenvalue weighted by Crippen LogP contribution is -2.73. The first-order chi connectivity index (χ1) is 9.37. The standard InChI is InChI=1S/C12H21F3N2O3S/c1-8(2)16-4-9-6-17(21(3,19)20)7-10(5-16)11(9,18)12(13,14)15/h8-10,18H,4-7H2,1-3H3/t9-,10+,11?. The number of sulfonamides is 1. The molecule has 0 aromatic rings. The largest absolute Gasteiger partial charge is 0.417 e. The minimum absolute atomic E-state index is 0.0379. The third kappa shape index (κ3) is 2.80. The van der Waals surface area contributed by atoms with Gasteiger partial charge in [-0.25, -0.2) is 12.7 Å². The van der Waals surface area contributed by atoms with E-state index in [0.29, 0.717) is 0 Å². The molecule has 2 fully saturated rings. The van der Waals surface area contributed by atoms with E-state index in [1.165, 1.54) is 0 Å². The highest BCUT2D eigenvalue weighted by atomic mass is 32.2. The Hall–Kier alpha value is -0.380. The van der Waals surface area contributed by atoms with Crippen molar-refractivity contribution in [2.45, 2.75) is 31.7 Å². The van der Waals surface area contributed by atoms with Crippen molar-refractivity contribution in [3.63, 3.8) is 0 Å². The number of piperidine rings is 2. The van der Waals surface area contributed by atoms with Crippen molar-refractivity contribution in [1.29, 1.82) is 0 Å². The monoisotopic (exact) mass is 330 g/mol. The molecule has 2 heterocycles. The molecule has 2 aliphatic heterocycles. The number of fused-ring (bicyclic) bond motifs is 2. The first kappa shape index (κ1) is 17.0. The van der Waals surface area contributed by atoms with Gasteiger partial charge in [0, 0.05) is 44.1 Å². The van der Waals surface area contributed by atoms with Crippen LogP contribution in [-0.4, -0.2) is 73.0 Å². The Balaban J connectivity index is 2.38. The molecule has 1 unspecified atom stereocenters. The van der Waals surface area contributed by atoms with Gasteiger partial charge in [-0.2, -0.15) is 13.2 Å². The maximum atomic E-state index is 13.4. The molecule has 0 aromatic carbocycles. The lowest BCUT2D eigenvalue weighted by molar-refractivity contribution is -0.322. The van der Waals surface area contributed by atoms with E-state index in [0.717, 1.165) is 10.6 Å². The first-order valence-electron chi connectivity index (χ1n) is 6.85. The molecule has 0 saturated carbocycles. The number of halogens is 3. The van der Waals surface area contributed by atoms with E-state index in [1.54, 1.807) is 0 Å². The van der Waals surface area contributed by atoms with Crippen molar-refractivity contribution < 1.29 is 26.7 Å². The fourth-order valence-corrected chi connectivity index (χ4v) is 4.27. The summed E-state index contributed by atoms with van der Waals surface area (Å²) >= 11 is 0. The van der Waals surface area contributed by atoms with Crippen molar-refractivity contribution in [1.82, 2.24) is 9.21 Å². The summed E-state index contributed by atoms with van der Waals surface area (Å²) < 4.78 is 64.4. The summed E-state index contributed by atoms with van der Waals surface area (Å²) in [6.07, 6.45) is -3.77. The second-order valence-corrected chi connectivity index (χ2v) is 8.33. The molecule has 2 saturated heterocycles. The zero-order chi connectivity index (χ0) is 16.2. The van der Waals surface area contributed by atoms with E-state index in [1.807, 2.05) is 18.7 Å². The Kier molecular flexibility index (Phi) is 4.10. The summed E-state index contributed by atoms with van der Waals surface area (Å²) in [5.41, 5.74) is -2.81. The van der Waals surface area contributed by atoms with Crippen molar-refractivity contribution in [2.75, 3.05) is 32.4 Å². The van der Waals surface area contributed by atoms with Gasteiger partial charge in [-0.05, 0) is 13.8 Å². The van der Waals surface area contributed by atoms with Gasteiger partial charge in [0.15, 0.2) is 5.60 Å². The van der Waals surface area contributed by atoms with Gasteiger partial charge in [0.05, 0.1) is 6.26 Å². The fourth-order valence-electron chi connectivity index (χ4n) is 3.37. The van der Waals surface area contributed by atoms with Crippen LogP contribution in [0.5, 0.6) is 0 Å². The summed E-state index contributed by atoms with van der Waals surface area (Å²) in [6, 6.07) is 0.0533. The maximum absolute atomic E-state index is 13.4. The van der Waals surface area contributed by atoms with Crippen LogP contribution in [0, 0.1) is 11.8 Å². The number of likely N-dealkylation sites (tertiary alicyclic amines) is 1. The smallest absolute Gasteiger partial charge is 0.380 e. The van der Waals surface area contributed by atoms with Crippen molar-refractivity contribution in [3.05, 3.63) is 0 Å². The van der Waals surface area contributed by atoms with Crippen molar-refractivity contribution in [3.8, 4) is 0 Å². The molecule has 0 radical (unpaired) electrons. The molecule has 1 N–H and O–H groups in total. The van der Waals surface area contributed by atoms with E-state index in [9.17, 15) is 26.7 Å². The average molecular weight is 330 g/mol. The Labute approximate surface area is 122 Å². The van der Waals surface area contributed by atoms with Crippen LogP contribution in [-0.2, 0) is 10.0 Å². The summed E-state index contributed by atoms with van der Waals surface area (Å²) in [7, 11) is -3.56. The van der Waals surface area contributed by atoms with Crippen LogP contribution in [0.25, 0.3) is 0 Å². The van der Waals surface area contributed by atoms with Gasteiger partial charge in [0.25, 0.3) is 0 Å². The third-order valence-electron chi connectivity index (χ3n) is 4.66. The number of hydrogen-bond acceptors (Lipinski definition) is 4. The van der Waals surface area contributed by atoms with E-state index >= 15 is 0 Å². The molecule has 5 nitrogen and oxygen atoms in total. The highest BCUT2D eigenvalue weighted by molar-refractivity contribution is 7.88. The van der Waals surface area contributed by atoms with Gasteiger partial charge < -0.3 is 10.0 Å². The topological polar surface area (TPSA) is 60.9 Å². The first-order valence-corrected chi connectivity index (χ1v) is 8.70. The van der Waals surface area contributed by atoms with Gasteiger partial charge >= 0.3 is 6.18 Å². The quantitative estimate of drug-likeness (QED) is 0.802. The van der Waals surface area contributed by atoms with Crippen molar-refractivity contribution >= 4 is 10.0 Å². The minimum atomic E-state index is -4.75. The van der Waals surface area contributed by atoms with E-state index < -0.39 is 33.6 Å². The Morgan fingerprint density at radius 2 is 1.57 bits per heavy atom. The molecule has 0 aliphatic carbocycles. The van der Waals surface area contributed by atoms with Gasteiger partial charge in [0.2, 0.25) is 10.0 Å². The second kappa shape index (κ2) is 5.07. The summed E-state index contributed by atoms with van der Waals surface area (Å²) in [4.78, 5) is 1.87. The molecule has 0 amide bonds. The van der Waals surface area contributed by atoms with Crippen LogP contribution in [0.4, 0.5) is 13.2 Å². The number of aliphatic hydroxyl groups is 1. The average Bonchev–Trinajstić information content (AvgIpc) is 2.24. The fraction of sp³-hybridized carbons (Fsp3) is 1.00.